The average Bonchev–Trinajstić information content (AvgIpc) is 3.43. The third-order valence-electron chi connectivity index (χ3n) is 6.93. The van der Waals surface area contributed by atoms with E-state index in [0.717, 1.165) is 49.5 Å². The van der Waals surface area contributed by atoms with Crippen molar-refractivity contribution in [3.63, 3.8) is 0 Å². The predicted octanol–water partition coefficient (Wildman–Crippen LogP) is 4.65. The molecular weight excluding hydrogens is 372 g/mol. The minimum Gasteiger partial charge on any atom is -0.338 e. The van der Waals surface area contributed by atoms with Crippen molar-refractivity contribution in [2.75, 3.05) is 33.2 Å². The van der Waals surface area contributed by atoms with Gasteiger partial charge in [0.25, 0.3) is 0 Å². The van der Waals surface area contributed by atoms with Crippen LogP contribution in [-0.2, 0) is 12.0 Å². The van der Waals surface area contributed by atoms with E-state index in [1.165, 1.54) is 50.0 Å². The van der Waals surface area contributed by atoms with Crippen LogP contribution in [0, 0.1) is 18.8 Å². The summed E-state index contributed by atoms with van der Waals surface area (Å²) in [4.78, 5) is 9.87. The topological polar surface area (TPSA) is 45.4 Å². The molecule has 2 fully saturated rings. The van der Waals surface area contributed by atoms with Gasteiger partial charge < -0.3 is 9.42 Å². The van der Waals surface area contributed by atoms with Crippen LogP contribution < -0.4 is 0 Å². The number of likely N-dealkylation sites (tertiary alicyclic amines) is 1. The Balaban J connectivity index is 1.39. The Hall–Kier alpha value is -1.72. The average molecular weight is 411 g/mol. The fourth-order valence-electron chi connectivity index (χ4n) is 5.49. The van der Waals surface area contributed by atoms with Gasteiger partial charge in [-0.3, -0.25) is 4.90 Å². The summed E-state index contributed by atoms with van der Waals surface area (Å²) < 4.78 is 5.74. The molecule has 5 heteroatoms. The monoisotopic (exact) mass is 410 g/mol. The molecule has 1 aromatic heterocycles. The molecule has 1 aliphatic heterocycles. The van der Waals surface area contributed by atoms with Crippen molar-refractivity contribution in [2.45, 2.75) is 64.8 Å². The number of aromatic nitrogens is 2. The van der Waals surface area contributed by atoms with E-state index in [0.29, 0.717) is 0 Å². The maximum absolute atomic E-state index is 5.74. The lowest BCUT2D eigenvalue weighted by atomic mass is 9.78. The Morgan fingerprint density at radius 3 is 2.63 bits per heavy atom. The molecule has 0 unspecified atom stereocenters. The number of aryl methyl sites for hydroxylation is 1. The van der Waals surface area contributed by atoms with Crippen molar-refractivity contribution in [3.05, 3.63) is 47.1 Å². The van der Waals surface area contributed by atoms with E-state index < -0.39 is 0 Å². The van der Waals surface area contributed by atoms with Gasteiger partial charge in [-0.15, -0.1) is 0 Å². The molecule has 0 radical (unpaired) electrons. The van der Waals surface area contributed by atoms with E-state index in [4.69, 9.17) is 9.51 Å². The summed E-state index contributed by atoms with van der Waals surface area (Å²) in [5.74, 6) is 3.12. The molecule has 0 spiro atoms. The Morgan fingerprint density at radius 2 is 1.93 bits per heavy atom. The second-order valence-electron chi connectivity index (χ2n) is 10.2. The summed E-state index contributed by atoms with van der Waals surface area (Å²) in [6.07, 6.45) is 5.97. The van der Waals surface area contributed by atoms with Crippen molar-refractivity contribution < 1.29 is 4.52 Å². The molecule has 1 saturated carbocycles. The van der Waals surface area contributed by atoms with E-state index in [-0.39, 0.29) is 5.41 Å². The van der Waals surface area contributed by atoms with Crippen molar-refractivity contribution >= 4 is 0 Å². The SMILES string of the molecule is Cc1ccc(C2(c3noc(CN(C)C[C@H]4CCN(CC(C)C)C4)n3)CCCC2)cc1. The Kier molecular flexibility index (Phi) is 6.59. The fraction of sp³-hybridized carbons (Fsp3) is 0.680. The molecule has 1 aliphatic carbocycles. The van der Waals surface area contributed by atoms with Gasteiger partial charge in [0.2, 0.25) is 5.89 Å². The van der Waals surface area contributed by atoms with Crippen molar-refractivity contribution in [2.24, 2.45) is 11.8 Å². The standard InChI is InChI=1S/C25H38N4O/c1-19(2)15-29-14-11-21(17-29)16-28(4)18-23-26-24(27-30-23)25(12-5-6-13-25)22-9-7-20(3)8-10-22/h7-10,19,21H,5-6,11-18H2,1-4H3/t21-/m1/s1. The van der Waals surface area contributed by atoms with Gasteiger partial charge in [0.1, 0.15) is 0 Å². The largest absolute Gasteiger partial charge is 0.338 e. The molecule has 2 aliphatic rings. The lowest BCUT2D eigenvalue weighted by molar-refractivity contribution is 0.224. The minimum absolute atomic E-state index is 0.0726. The van der Waals surface area contributed by atoms with Crippen LogP contribution in [0.5, 0.6) is 0 Å². The Bertz CT molecular complexity index is 807. The number of hydrogen-bond acceptors (Lipinski definition) is 5. The highest BCUT2D eigenvalue weighted by Crippen LogP contribution is 2.45. The summed E-state index contributed by atoms with van der Waals surface area (Å²) in [5, 5.41) is 4.48. The number of rotatable bonds is 8. The quantitative estimate of drug-likeness (QED) is 0.634. The van der Waals surface area contributed by atoms with Crippen LogP contribution in [0.4, 0.5) is 0 Å². The van der Waals surface area contributed by atoms with E-state index >= 15 is 0 Å². The highest BCUT2D eigenvalue weighted by atomic mass is 16.5. The lowest BCUT2D eigenvalue weighted by Gasteiger charge is -2.26. The van der Waals surface area contributed by atoms with Gasteiger partial charge >= 0.3 is 0 Å². The van der Waals surface area contributed by atoms with Crippen LogP contribution in [0.3, 0.4) is 0 Å². The van der Waals surface area contributed by atoms with Gasteiger partial charge in [-0.2, -0.15) is 4.98 Å². The molecular formula is C25H38N4O. The van der Waals surface area contributed by atoms with Crippen LogP contribution in [0.1, 0.15) is 68.8 Å². The van der Waals surface area contributed by atoms with Gasteiger partial charge in [-0.1, -0.05) is 61.7 Å². The number of benzene rings is 1. The number of hydrogen-bond donors (Lipinski definition) is 0. The fourth-order valence-corrected chi connectivity index (χ4v) is 5.49. The second-order valence-corrected chi connectivity index (χ2v) is 10.2. The van der Waals surface area contributed by atoms with Crippen LogP contribution in [0.15, 0.2) is 28.8 Å². The van der Waals surface area contributed by atoms with Crippen LogP contribution in [-0.4, -0.2) is 53.2 Å². The summed E-state index contributed by atoms with van der Waals surface area (Å²) in [6.45, 7) is 12.2. The first-order chi connectivity index (χ1) is 14.4. The zero-order valence-electron chi connectivity index (χ0n) is 19.2. The summed E-state index contributed by atoms with van der Waals surface area (Å²) in [7, 11) is 2.18. The van der Waals surface area contributed by atoms with Gasteiger partial charge in [0.05, 0.1) is 12.0 Å². The van der Waals surface area contributed by atoms with Crippen molar-refractivity contribution in [1.82, 2.24) is 19.9 Å². The number of nitrogens with zero attached hydrogens (tertiary/aromatic N) is 4. The molecule has 30 heavy (non-hydrogen) atoms. The molecule has 1 saturated heterocycles. The van der Waals surface area contributed by atoms with E-state index in [9.17, 15) is 0 Å². The van der Waals surface area contributed by atoms with E-state index in [2.05, 4.69) is 67.0 Å². The highest BCUT2D eigenvalue weighted by molar-refractivity contribution is 5.35. The summed E-state index contributed by atoms with van der Waals surface area (Å²) in [6, 6.07) is 8.92. The molecule has 164 valence electrons. The van der Waals surface area contributed by atoms with Crippen LogP contribution in [0.2, 0.25) is 0 Å². The predicted molar refractivity (Wildman–Crippen MR) is 120 cm³/mol. The molecule has 1 atom stereocenters. The van der Waals surface area contributed by atoms with E-state index in [1.54, 1.807) is 0 Å². The maximum Gasteiger partial charge on any atom is 0.240 e. The first-order valence-electron chi connectivity index (χ1n) is 11.8. The van der Waals surface area contributed by atoms with Crippen molar-refractivity contribution in [1.29, 1.82) is 0 Å². The van der Waals surface area contributed by atoms with Crippen LogP contribution >= 0.6 is 0 Å². The zero-order valence-corrected chi connectivity index (χ0v) is 19.2. The third kappa shape index (κ3) is 4.78. The highest BCUT2D eigenvalue weighted by Gasteiger charge is 2.41. The molecule has 0 N–H and O–H groups in total. The maximum atomic E-state index is 5.74. The van der Waals surface area contributed by atoms with Gasteiger partial charge in [-0.05, 0) is 57.2 Å². The van der Waals surface area contributed by atoms with Crippen LogP contribution in [0.25, 0.3) is 0 Å². The summed E-state index contributed by atoms with van der Waals surface area (Å²) >= 11 is 0. The van der Waals surface area contributed by atoms with Gasteiger partial charge in [0.15, 0.2) is 5.82 Å². The molecule has 0 amide bonds. The molecule has 2 aromatic rings. The molecule has 4 rings (SSSR count). The zero-order chi connectivity index (χ0) is 21.1. The lowest BCUT2D eigenvalue weighted by Crippen LogP contribution is -2.30. The van der Waals surface area contributed by atoms with Gasteiger partial charge in [0, 0.05) is 19.6 Å². The summed E-state index contributed by atoms with van der Waals surface area (Å²) in [5.41, 5.74) is 2.56. The normalized spacial score (nSPS) is 21.9. The molecule has 1 aromatic carbocycles. The first-order valence-corrected chi connectivity index (χ1v) is 11.8. The molecule has 2 heterocycles. The second kappa shape index (κ2) is 9.19. The van der Waals surface area contributed by atoms with E-state index in [1.807, 2.05) is 0 Å². The van der Waals surface area contributed by atoms with Gasteiger partial charge in [-0.25, -0.2) is 0 Å². The molecule has 0 bridgehead atoms. The molecule has 5 nitrogen and oxygen atoms in total. The first kappa shape index (κ1) is 21.5. The van der Waals surface area contributed by atoms with Crippen molar-refractivity contribution in [3.8, 4) is 0 Å². The minimum atomic E-state index is -0.0726. The Morgan fingerprint density at radius 1 is 1.20 bits per heavy atom. The smallest absolute Gasteiger partial charge is 0.240 e. The Labute approximate surface area is 181 Å². The third-order valence-corrected chi connectivity index (χ3v) is 6.93.